The molecule has 1 aliphatic carbocycles. The van der Waals surface area contributed by atoms with E-state index in [0.717, 1.165) is 37.0 Å². The molecule has 1 fully saturated rings. The van der Waals surface area contributed by atoms with Crippen LogP contribution in [0.3, 0.4) is 0 Å². The summed E-state index contributed by atoms with van der Waals surface area (Å²) < 4.78 is 5.64. The van der Waals surface area contributed by atoms with Crippen molar-refractivity contribution in [3.8, 4) is 5.75 Å². The number of hydrogen-bond donors (Lipinski definition) is 1. The Morgan fingerprint density at radius 3 is 2.65 bits per heavy atom. The Morgan fingerprint density at radius 1 is 1.35 bits per heavy atom. The van der Waals surface area contributed by atoms with Crippen molar-refractivity contribution in [1.29, 1.82) is 0 Å². The van der Waals surface area contributed by atoms with E-state index >= 15 is 0 Å². The first-order valence-electron chi connectivity index (χ1n) is 7.23. The third kappa shape index (κ3) is 4.12. The zero-order chi connectivity index (χ0) is 14.5. The molecule has 0 unspecified atom stereocenters. The molecule has 1 N–H and O–H groups in total. The lowest BCUT2D eigenvalue weighted by molar-refractivity contribution is -0.131. The van der Waals surface area contributed by atoms with Crippen molar-refractivity contribution in [2.75, 3.05) is 0 Å². The monoisotopic (exact) mass is 274 g/mol. The zero-order valence-corrected chi connectivity index (χ0v) is 12.1. The first-order valence-corrected chi connectivity index (χ1v) is 7.23. The fraction of sp³-hybridized carbons (Fsp3) is 0.471. The van der Waals surface area contributed by atoms with Crippen LogP contribution in [0.5, 0.6) is 5.75 Å². The van der Waals surface area contributed by atoms with E-state index < -0.39 is 5.97 Å². The summed E-state index contributed by atoms with van der Waals surface area (Å²) in [7, 11) is 0. The van der Waals surface area contributed by atoms with E-state index in [4.69, 9.17) is 9.84 Å². The van der Waals surface area contributed by atoms with Crippen molar-refractivity contribution < 1.29 is 14.6 Å². The van der Waals surface area contributed by atoms with Gasteiger partial charge in [-0.15, -0.1) is 0 Å². The molecule has 1 saturated carbocycles. The molecule has 1 aromatic carbocycles. The predicted octanol–water partition coefficient (Wildman–Crippen LogP) is 4.14. The minimum Gasteiger partial charge on any atom is -0.491 e. The molecule has 0 amide bonds. The fourth-order valence-electron chi connectivity index (χ4n) is 2.78. The first-order chi connectivity index (χ1) is 9.54. The van der Waals surface area contributed by atoms with Crippen LogP contribution >= 0.6 is 0 Å². The van der Waals surface area contributed by atoms with Crippen molar-refractivity contribution in [1.82, 2.24) is 0 Å². The average Bonchev–Trinajstić information content (AvgIpc) is 2.38. The number of hydrogen-bond acceptors (Lipinski definition) is 2. The molecule has 0 saturated heterocycles. The maximum absolute atomic E-state index is 10.8. The Hall–Kier alpha value is -1.77. The normalized spacial score (nSPS) is 21.1. The zero-order valence-electron chi connectivity index (χ0n) is 12.1. The van der Waals surface area contributed by atoms with Crippen molar-refractivity contribution in [2.24, 2.45) is 0 Å². The van der Waals surface area contributed by atoms with Gasteiger partial charge in [0, 0.05) is 6.08 Å². The third-order valence-corrected chi connectivity index (χ3v) is 3.61. The number of benzene rings is 1. The lowest BCUT2D eigenvalue weighted by atomic mass is 9.81. The summed E-state index contributed by atoms with van der Waals surface area (Å²) >= 11 is 0. The highest BCUT2D eigenvalue weighted by Gasteiger charge is 2.19. The maximum Gasteiger partial charge on any atom is 0.328 e. The minimum absolute atomic E-state index is 0.181. The summed E-state index contributed by atoms with van der Waals surface area (Å²) in [6.07, 6.45) is 5.52. The Bertz CT molecular complexity index is 485. The summed E-state index contributed by atoms with van der Waals surface area (Å²) in [6.45, 7) is 4.02. The van der Waals surface area contributed by atoms with E-state index in [1.165, 1.54) is 11.6 Å². The van der Waals surface area contributed by atoms with Crippen LogP contribution in [0.15, 0.2) is 35.9 Å². The van der Waals surface area contributed by atoms with Crippen LogP contribution in [0.25, 0.3) is 0 Å². The minimum atomic E-state index is -0.832. The van der Waals surface area contributed by atoms with Crippen LogP contribution in [-0.2, 0) is 4.79 Å². The predicted molar refractivity (Wildman–Crippen MR) is 79.1 cm³/mol. The van der Waals surface area contributed by atoms with Gasteiger partial charge >= 0.3 is 5.97 Å². The number of ether oxygens (including phenoxy) is 1. The quantitative estimate of drug-likeness (QED) is 0.839. The molecule has 0 aromatic heterocycles. The molecule has 2 rings (SSSR count). The van der Waals surface area contributed by atoms with Crippen LogP contribution in [0.1, 0.15) is 51.0 Å². The van der Waals surface area contributed by atoms with Gasteiger partial charge < -0.3 is 9.84 Å². The lowest BCUT2D eigenvalue weighted by Gasteiger charge is -2.24. The van der Waals surface area contributed by atoms with Crippen molar-refractivity contribution in [3.63, 3.8) is 0 Å². The van der Waals surface area contributed by atoms with Crippen molar-refractivity contribution in [2.45, 2.75) is 51.6 Å². The SMILES string of the molecule is CC(C)Oc1ccc([C@H]2CCC/C(=C\C(=O)O)C2)cc1. The molecule has 20 heavy (non-hydrogen) atoms. The second-order valence-corrected chi connectivity index (χ2v) is 5.67. The third-order valence-electron chi connectivity index (χ3n) is 3.61. The largest absolute Gasteiger partial charge is 0.491 e. The van der Waals surface area contributed by atoms with E-state index in [9.17, 15) is 4.79 Å². The Labute approximate surface area is 120 Å². The topological polar surface area (TPSA) is 46.5 Å². The molecule has 0 bridgehead atoms. The Kier molecular flexibility index (Phi) is 4.83. The van der Waals surface area contributed by atoms with E-state index in [2.05, 4.69) is 12.1 Å². The molecule has 3 heteroatoms. The maximum atomic E-state index is 10.8. The molecule has 3 nitrogen and oxygen atoms in total. The molecule has 0 radical (unpaired) electrons. The molecule has 0 heterocycles. The molecule has 0 aliphatic heterocycles. The number of rotatable bonds is 4. The lowest BCUT2D eigenvalue weighted by Crippen LogP contribution is -2.09. The number of carboxylic acids is 1. The Balaban J connectivity index is 2.05. The van der Waals surface area contributed by atoms with E-state index in [1.807, 2.05) is 26.0 Å². The summed E-state index contributed by atoms with van der Waals surface area (Å²) in [5.41, 5.74) is 2.33. The second kappa shape index (κ2) is 6.60. The highest BCUT2D eigenvalue weighted by atomic mass is 16.5. The molecule has 0 spiro atoms. The highest BCUT2D eigenvalue weighted by Crippen LogP contribution is 2.36. The average molecular weight is 274 g/mol. The number of aliphatic carboxylic acids is 1. The molecule has 1 aromatic rings. The highest BCUT2D eigenvalue weighted by molar-refractivity contribution is 5.80. The fourth-order valence-corrected chi connectivity index (χ4v) is 2.78. The van der Waals surface area contributed by atoms with Gasteiger partial charge in [0.1, 0.15) is 5.75 Å². The van der Waals surface area contributed by atoms with Crippen molar-refractivity contribution >= 4 is 5.97 Å². The van der Waals surface area contributed by atoms with Gasteiger partial charge in [-0.25, -0.2) is 4.79 Å². The van der Waals surface area contributed by atoms with E-state index in [1.54, 1.807) is 0 Å². The Morgan fingerprint density at radius 2 is 2.05 bits per heavy atom. The molecular formula is C17H22O3. The van der Waals surface area contributed by atoms with Gasteiger partial charge in [0.2, 0.25) is 0 Å². The van der Waals surface area contributed by atoms with Gasteiger partial charge in [-0.1, -0.05) is 17.7 Å². The standard InChI is InChI=1S/C17H22O3/c1-12(2)20-16-8-6-14(7-9-16)15-5-3-4-13(10-15)11-17(18)19/h6-9,11-12,15H,3-5,10H2,1-2H3,(H,18,19)/b13-11+/t15-/m0/s1. The van der Waals surface area contributed by atoms with Gasteiger partial charge in [-0.2, -0.15) is 0 Å². The summed E-state index contributed by atoms with van der Waals surface area (Å²) in [6, 6.07) is 8.22. The van der Waals surface area contributed by atoms with Crippen molar-refractivity contribution in [3.05, 3.63) is 41.5 Å². The first kappa shape index (κ1) is 14.6. The number of carbonyl (C=O) groups is 1. The van der Waals surface area contributed by atoms with Gasteiger partial charge in [0.05, 0.1) is 6.10 Å². The van der Waals surface area contributed by atoms with Gasteiger partial charge in [-0.3, -0.25) is 0 Å². The number of carboxylic acid groups (broad SMARTS) is 1. The second-order valence-electron chi connectivity index (χ2n) is 5.67. The summed E-state index contributed by atoms with van der Waals surface area (Å²) in [4.78, 5) is 10.8. The smallest absolute Gasteiger partial charge is 0.328 e. The number of allylic oxidation sites excluding steroid dienone is 1. The van der Waals surface area contributed by atoms with Crippen LogP contribution < -0.4 is 4.74 Å². The van der Waals surface area contributed by atoms with Crippen LogP contribution in [0.2, 0.25) is 0 Å². The molecular weight excluding hydrogens is 252 g/mol. The molecule has 1 aliphatic rings. The van der Waals surface area contributed by atoms with Gasteiger partial charge in [-0.05, 0) is 63.1 Å². The van der Waals surface area contributed by atoms with Crippen LogP contribution in [0, 0.1) is 0 Å². The van der Waals surface area contributed by atoms with Crippen LogP contribution in [0.4, 0.5) is 0 Å². The van der Waals surface area contributed by atoms with E-state index in [0.29, 0.717) is 5.92 Å². The summed E-state index contributed by atoms with van der Waals surface area (Å²) in [5, 5.41) is 8.85. The van der Waals surface area contributed by atoms with Gasteiger partial charge in [0.15, 0.2) is 0 Å². The molecule has 1 atom stereocenters. The summed E-state index contributed by atoms with van der Waals surface area (Å²) in [5.74, 6) is 0.490. The van der Waals surface area contributed by atoms with Crippen LogP contribution in [-0.4, -0.2) is 17.2 Å². The van der Waals surface area contributed by atoms with Gasteiger partial charge in [0.25, 0.3) is 0 Å². The molecule has 108 valence electrons. The van der Waals surface area contributed by atoms with E-state index in [-0.39, 0.29) is 6.10 Å².